The van der Waals surface area contributed by atoms with E-state index in [2.05, 4.69) is 10.3 Å². The number of aromatic nitrogens is 1. The van der Waals surface area contributed by atoms with Gasteiger partial charge in [-0.25, -0.2) is 22.5 Å². The number of nitrogens with one attached hydrogen (secondary N) is 1. The summed E-state index contributed by atoms with van der Waals surface area (Å²) in [7, 11) is 0. The van der Waals surface area contributed by atoms with Crippen molar-refractivity contribution in [1.29, 1.82) is 0 Å². The van der Waals surface area contributed by atoms with Gasteiger partial charge in [-0.2, -0.15) is 0 Å². The fourth-order valence-corrected chi connectivity index (χ4v) is 1.37. The Hall–Kier alpha value is -1.82. The number of pyridine rings is 1. The number of anilines is 2. The molecule has 0 saturated heterocycles. The van der Waals surface area contributed by atoms with Gasteiger partial charge < -0.3 is 5.32 Å². The van der Waals surface area contributed by atoms with E-state index in [-0.39, 0.29) is 11.9 Å². The molecule has 0 atom stereocenters. The van der Waals surface area contributed by atoms with Crippen LogP contribution >= 0.6 is 11.6 Å². The van der Waals surface area contributed by atoms with Gasteiger partial charge in [-0.1, -0.05) is 11.6 Å². The molecule has 7 heteroatoms. The zero-order chi connectivity index (χ0) is 13.3. The number of nitrogens with zero attached hydrogens (tertiary/aromatic N) is 1. The van der Waals surface area contributed by atoms with Gasteiger partial charge in [0.2, 0.25) is 0 Å². The van der Waals surface area contributed by atoms with Crippen molar-refractivity contribution in [3.63, 3.8) is 0 Å². The Morgan fingerprint density at radius 3 is 2.11 bits per heavy atom. The Bertz CT molecular complexity index is 560. The maximum absolute atomic E-state index is 13.3. The van der Waals surface area contributed by atoms with Crippen molar-refractivity contribution in [3.05, 3.63) is 52.7 Å². The van der Waals surface area contributed by atoms with Gasteiger partial charge in [0, 0.05) is 12.3 Å². The van der Waals surface area contributed by atoms with E-state index in [1.54, 1.807) is 0 Å². The van der Waals surface area contributed by atoms with Crippen molar-refractivity contribution >= 4 is 23.1 Å². The van der Waals surface area contributed by atoms with Gasteiger partial charge in [0.25, 0.3) is 0 Å². The Balaban J connectivity index is 2.42. The van der Waals surface area contributed by atoms with Crippen LogP contribution in [-0.2, 0) is 0 Å². The average molecular weight is 277 g/mol. The zero-order valence-corrected chi connectivity index (χ0v) is 9.40. The molecule has 2 aromatic rings. The Morgan fingerprint density at radius 1 is 1.00 bits per heavy atom. The van der Waals surface area contributed by atoms with Crippen LogP contribution in [0.2, 0.25) is 5.02 Å². The molecule has 0 bridgehead atoms. The molecule has 0 spiro atoms. The van der Waals surface area contributed by atoms with Crippen LogP contribution in [0.1, 0.15) is 0 Å². The predicted octanol–water partition coefficient (Wildman–Crippen LogP) is 4.04. The van der Waals surface area contributed by atoms with Gasteiger partial charge >= 0.3 is 0 Å². The first-order valence-corrected chi connectivity index (χ1v) is 5.08. The number of hydrogen-bond acceptors (Lipinski definition) is 2. The molecule has 1 heterocycles. The summed E-state index contributed by atoms with van der Waals surface area (Å²) in [5.74, 6) is -6.03. The third-order valence-electron chi connectivity index (χ3n) is 2.09. The molecule has 18 heavy (non-hydrogen) atoms. The van der Waals surface area contributed by atoms with Crippen LogP contribution in [-0.4, -0.2) is 4.98 Å². The second-order valence-electron chi connectivity index (χ2n) is 3.33. The minimum Gasteiger partial charge on any atom is -0.335 e. The molecule has 0 radical (unpaired) electrons. The lowest BCUT2D eigenvalue weighted by Crippen LogP contribution is -2.03. The highest BCUT2D eigenvalue weighted by Gasteiger charge is 2.19. The van der Waals surface area contributed by atoms with Gasteiger partial charge in [0.05, 0.1) is 5.02 Å². The van der Waals surface area contributed by atoms with Gasteiger partial charge in [0.15, 0.2) is 23.3 Å². The summed E-state index contributed by atoms with van der Waals surface area (Å²) in [4.78, 5) is 3.69. The normalized spacial score (nSPS) is 10.5. The summed E-state index contributed by atoms with van der Waals surface area (Å²) in [5.41, 5.74) is -0.942. The maximum atomic E-state index is 13.3. The van der Waals surface area contributed by atoms with Gasteiger partial charge in [0.1, 0.15) is 11.5 Å². The summed E-state index contributed by atoms with van der Waals surface area (Å²) in [6.07, 6.45) is 1.22. The van der Waals surface area contributed by atoms with Crippen LogP contribution in [0, 0.1) is 23.3 Å². The van der Waals surface area contributed by atoms with E-state index in [9.17, 15) is 17.6 Å². The second-order valence-corrected chi connectivity index (χ2v) is 3.77. The lowest BCUT2D eigenvalue weighted by atomic mass is 10.2. The molecule has 0 amide bonds. The summed E-state index contributed by atoms with van der Waals surface area (Å²) in [6, 6.07) is 2.84. The molecule has 1 N–H and O–H groups in total. The third kappa shape index (κ3) is 2.38. The maximum Gasteiger partial charge on any atom is 0.185 e. The standard InChI is InChI=1S/C11H5ClF4N2/c12-5-1-2-8(17-4-5)18-11-9(15)6(13)3-7(14)10(11)16/h1-4H,(H,17,18). The Morgan fingerprint density at radius 2 is 1.61 bits per heavy atom. The number of rotatable bonds is 2. The molecule has 1 aromatic carbocycles. The van der Waals surface area contributed by atoms with Crippen molar-refractivity contribution in [2.75, 3.05) is 5.32 Å². The molecular formula is C11H5ClF4N2. The predicted molar refractivity (Wildman–Crippen MR) is 58.8 cm³/mol. The SMILES string of the molecule is Fc1cc(F)c(F)c(Nc2ccc(Cl)cn2)c1F. The molecule has 0 aliphatic rings. The summed E-state index contributed by atoms with van der Waals surface area (Å²) < 4.78 is 52.5. The number of benzene rings is 1. The quantitative estimate of drug-likeness (QED) is 0.661. The van der Waals surface area contributed by atoms with Crippen LogP contribution in [0.25, 0.3) is 0 Å². The highest BCUT2D eigenvalue weighted by Crippen LogP contribution is 2.26. The van der Waals surface area contributed by atoms with Gasteiger partial charge in [-0.3, -0.25) is 0 Å². The average Bonchev–Trinajstić information content (AvgIpc) is 2.34. The first kappa shape index (κ1) is 12.6. The van der Waals surface area contributed by atoms with E-state index in [0.717, 1.165) is 0 Å². The minimum atomic E-state index is -1.52. The van der Waals surface area contributed by atoms with Gasteiger partial charge in [-0.15, -0.1) is 0 Å². The molecule has 0 unspecified atom stereocenters. The van der Waals surface area contributed by atoms with Crippen LogP contribution in [0.3, 0.4) is 0 Å². The fourth-order valence-electron chi connectivity index (χ4n) is 1.26. The molecule has 2 nitrogen and oxygen atoms in total. The number of hydrogen-bond donors (Lipinski definition) is 1. The Labute approximate surface area is 104 Å². The fraction of sp³-hybridized carbons (Fsp3) is 0. The monoisotopic (exact) mass is 276 g/mol. The summed E-state index contributed by atoms with van der Waals surface area (Å²) >= 11 is 5.57. The topological polar surface area (TPSA) is 24.9 Å². The zero-order valence-electron chi connectivity index (χ0n) is 8.65. The van der Waals surface area contributed by atoms with Crippen LogP contribution in [0.15, 0.2) is 24.4 Å². The molecule has 1 aromatic heterocycles. The molecule has 94 valence electrons. The van der Waals surface area contributed by atoms with Gasteiger partial charge in [-0.05, 0) is 12.1 Å². The van der Waals surface area contributed by atoms with Crippen LogP contribution in [0.5, 0.6) is 0 Å². The van der Waals surface area contributed by atoms with Crippen molar-refractivity contribution < 1.29 is 17.6 Å². The number of halogens is 5. The highest BCUT2D eigenvalue weighted by molar-refractivity contribution is 6.30. The van der Waals surface area contributed by atoms with Crippen LogP contribution < -0.4 is 5.32 Å². The smallest absolute Gasteiger partial charge is 0.185 e. The van der Waals surface area contributed by atoms with Crippen molar-refractivity contribution in [2.45, 2.75) is 0 Å². The first-order valence-electron chi connectivity index (χ1n) is 4.70. The van der Waals surface area contributed by atoms with E-state index < -0.39 is 29.0 Å². The Kier molecular flexibility index (Phi) is 3.38. The van der Waals surface area contributed by atoms with E-state index in [0.29, 0.717) is 5.02 Å². The molecule has 0 fully saturated rings. The molecule has 0 saturated carbocycles. The third-order valence-corrected chi connectivity index (χ3v) is 2.32. The highest BCUT2D eigenvalue weighted by atomic mass is 35.5. The minimum absolute atomic E-state index is 0.00204. The summed E-state index contributed by atoms with van der Waals surface area (Å²) in [5, 5.41) is 2.46. The van der Waals surface area contributed by atoms with E-state index in [1.165, 1.54) is 18.3 Å². The van der Waals surface area contributed by atoms with Crippen LogP contribution in [0.4, 0.5) is 29.1 Å². The first-order chi connectivity index (χ1) is 8.49. The molecule has 0 aliphatic heterocycles. The largest absolute Gasteiger partial charge is 0.335 e. The van der Waals surface area contributed by atoms with E-state index >= 15 is 0 Å². The van der Waals surface area contributed by atoms with Crippen molar-refractivity contribution in [1.82, 2.24) is 4.98 Å². The molecular weight excluding hydrogens is 272 g/mol. The van der Waals surface area contributed by atoms with E-state index in [4.69, 9.17) is 11.6 Å². The van der Waals surface area contributed by atoms with Crippen molar-refractivity contribution in [3.8, 4) is 0 Å². The van der Waals surface area contributed by atoms with E-state index in [1.807, 2.05) is 0 Å². The summed E-state index contributed by atoms with van der Waals surface area (Å²) in [6.45, 7) is 0. The molecule has 0 aliphatic carbocycles. The lowest BCUT2D eigenvalue weighted by molar-refractivity contribution is 0.459. The molecule has 2 rings (SSSR count). The lowest BCUT2D eigenvalue weighted by Gasteiger charge is -2.09. The second kappa shape index (κ2) is 4.81. The van der Waals surface area contributed by atoms with Crippen molar-refractivity contribution in [2.24, 2.45) is 0 Å².